The fraction of sp³-hybridized carbons (Fsp3) is 0.917. The van der Waals surface area contributed by atoms with Crippen molar-refractivity contribution in [1.29, 1.82) is 0 Å². The molecule has 0 unspecified atom stereocenters. The molecule has 7 heteroatoms. The predicted molar refractivity (Wildman–Crippen MR) is 91.3 cm³/mol. The maximum absolute atomic E-state index is 10.6. The molecule has 19 heavy (non-hydrogen) atoms. The Morgan fingerprint density at radius 1 is 0.947 bits per heavy atom. The minimum absolute atomic E-state index is 0.0732. The summed E-state index contributed by atoms with van der Waals surface area (Å²) in [6.07, 6.45) is 1.39. The number of ether oxygens (including phenoxy) is 1. The molecule has 0 saturated carbocycles. The van der Waals surface area contributed by atoms with Crippen LogP contribution in [0.3, 0.4) is 0 Å². The quantitative estimate of drug-likeness (QED) is 0.846. The van der Waals surface area contributed by atoms with Gasteiger partial charge in [-0.15, -0.1) is 0 Å². The average molecular weight is 343 g/mol. The monoisotopic (exact) mass is 342 g/mol. The molecule has 1 saturated heterocycles. The van der Waals surface area contributed by atoms with E-state index >= 15 is 0 Å². The van der Waals surface area contributed by atoms with E-state index < -0.39 is 5.97 Å². The third-order valence-corrected chi connectivity index (χ3v) is 7.23. The second-order valence-electron chi connectivity index (χ2n) is 4.05. The second-order valence-corrected chi connectivity index (χ2v) is 8.80. The van der Waals surface area contributed by atoms with Crippen LogP contribution in [0, 0.1) is 0 Å². The standard InChI is InChI=1S/C12H22O3S4/c13-12(14)8-15-11-9-18-6-4-16-2-1-3-17-5-7-19-10-11/h11H,1-10H2,(H,13,14). The van der Waals surface area contributed by atoms with Crippen LogP contribution in [0.1, 0.15) is 6.42 Å². The Morgan fingerprint density at radius 2 is 1.47 bits per heavy atom. The summed E-state index contributed by atoms with van der Waals surface area (Å²) in [6, 6.07) is 0. The Hall–Kier alpha value is 0.830. The lowest BCUT2D eigenvalue weighted by atomic mass is 10.5. The molecule has 0 aromatic carbocycles. The Kier molecular flexibility index (Phi) is 11.8. The molecule has 1 heterocycles. The lowest BCUT2D eigenvalue weighted by Crippen LogP contribution is -2.23. The summed E-state index contributed by atoms with van der Waals surface area (Å²) in [4.78, 5) is 10.6. The first-order valence-electron chi connectivity index (χ1n) is 6.43. The summed E-state index contributed by atoms with van der Waals surface area (Å²) in [5.74, 6) is 8.12. The van der Waals surface area contributed by atoms with Gasteiger partial charge in [-0.3, -0.25) is 0 Å². The zero-order chi connectivity index (χ0) is 13.8. The minimum atomic E-state index is -0.875. The normalized spacial score (nSPS) is 21.7. The van der Waals surface area contributed by atoms with Crippen molar-refractivity contribution in [3.8, 4) is 0 Å². The third-order valence-electron chi connectivity index (χ3n) is 2.37. The molecule has 1 rings (SSSR count). The number of aliphatic carboxylic acids is 1. The van der Waals surface area contributed by atoms with Crippen LogP contribution in [0.4, 0.5) is 0 Å². The zero-order valence-electron chi connectivity index (χ0n) is 11.0. The van der Waals surface area contributed by atoms with E-state index in [-0.39, 0.29) is 12.7 Å². The summed E-state index contributed by atoms with van der Waals surface area (Å²) in [6.45, 7) is -0.171. The number of hydrogen-bond donors (Lipinski definition) is 1. The Morgan fingerprint density at radius 3 is 2.00 bits per heavy atom. The van der Waals surface area contributed by atoms with Crippen LogP contribution in [0.5, 0.6) is 0 Å². The van der Waals surface area contributed by atoms with Gasteiger partial charge in [-0.25, -0.2) is 4.79 Å². The van der Waals surface area contributed by atoms with Gasteiger partial charge < -0.3 is 9.84 Å². The zero-order valence-corrected chi connectivity index (χ0v) is 14.3. The number of carbonyl (C=O) groups is 1. The van der Waals surface area contributed by atoms with E-state index in [9.17, 15) is 4.79 Å². The van der Waals surface area contributed by atoms with E-state index in [0.29, 0.717) is 0 Å². The molecule has 0 radical (unpaired) electrons. The van der Waals surface area contributed by atoms with Crippen molar-refractivity contribution in [2.75, 3.05) is 52.6 Å². The Labute approximate surface area is 132 Å². The first kappa shape index (κ1) is 17.9. The highest BCUT2D eigenvalue weighted by Gasteiger charge is 2.12. The second kappa shape index (κ2) is 12.6. The first-order chi connectivity index (χ1) is 9.29. The molecular weight excluding hydrogens is 320 g/mol. The largest absolute Gasteiger partial charge is 0.480 e. The van der Waals surface area contributed by atoms with Gasteiger partial charge in [-0.05, 0) is 17.9 Å². The summed E-state index contributed by atoms with van der Waals surface area (Å²) in [7, 11) is 0. The molecule has 112 valence electrons. The SMILES string of the molecule is O=C(O)COC1CSCCSCCCSCCSC1. The highest BCUT2D eigenvalue weighted by atomic mass is 32.2. The van der Waals surface area contributed by atoms with Crippen LogP contribution in [-0.4, -0.2) is 69.8 Å². The van der Waals surface area contributed by atoms with Crippen LogP contribution in [0.25, 0.3) is 0 Å². The number of rotatable bonds is 3. The van der Waals surface area contributed by atoms with Gasteiger partial charge in [0.1, 0.15) is 6.61 Å². The molecule has 1 aliphatic rings. The number of carboxylic acids is 1. The fourth-order valence-corrected chi connectivity index (χ4v) is 6.08. The van der Waals surface area contributed by atoms with Gasteiger partial charge in [-0.1, -0.05) is 0 Å². The number of hydrogen-bond acceptors (Lipinski definition) is 6. The third kappa shape index (κ3) is 11.2. The molecule has 1 N–H and O–H groups in total. The summed E-state index contributed by atoms with van der Waals surface area (Å²) < 4.78 is 5.45. The van der Waals surface area contributed by atoms with Gasteiger partial charge in [0.25, 0.3) is 0 Å². The van der Waals surface area contributed by atoms with Crippen molar-refractivity contribution in [1.82, 2.24) is 0 Å². The van der Waals surface area contributed by atoms with Gasteiger partial charge in [0.05, 0.1) is 6.10 Å². The molecule has 0 bridgehead atoms. The highest BCUT2D eigenvalue weighted by Crippen LogP contribution is 2.17. The predicted octanol–water partition coefficient (Wildman–Crippen LogP) is 2.79. The van der Waals surface area contributed by atoms with Crippen molar-refractivity contribution >= 4 is 53.0 Å². The highest BCUT2D eigenvalue weighted by molar-refractivity contribution is 8.04. The van der Waals surface area contributed by atoms with Gasteiger partial charge in [0, 0.05) is 34.5 Å². The van der Waals surface area contributed by atoms with Crippen LogP contribution >= 0.6 is 47.0 Å². The number of thioether (sulfide) groups is 4. The molecule has 0 aromatic rings. The summed E-state index contributed by atoms with van der Waals surface area (Å²) in [5, 5.41) is 8.68. The van der Waals surface area contributed by atoms with Crippen LogP contribution in [0.15, 0.2) is 0 Å². The molecule has 1 fully saturated rings. The Bertz CT molecular complexity index is 227. The van der Waals surface area contributed by atoms with Crippen LogP contribution in [-0.2, 0) is 9.53 Å². The fourth-order valence-electron chi connectivity index (χ4n) is 1.47. The van der Waals surface area contributed by atoms with Crippen molar-refractivity contribution in [3.63, 3.8) is 0 Å². The molecule has 0 amide bonds. The van der Waals surface area contributed by atoms with Gasteiger partial charge >= 0.3 is 5.97 Å². The van der Waals surface area contributed by atoms with Crippen molar-refractivity contribution < 1.29 is 14.6 Å². The molecule has 3 nitrogen and oxygen atoms in total. The summed E-state index contributed by atoms with van der Waals surface area (Å²) in [5.41, 5.74) is 0. The smallest absolute Gasteiger partial charge is 0.329 e. The molecule has 0 spiro atoms. The average Bonchev–Trinajstić information content (AvgIpc) is 2.39. The molecule has 1 aliphatic heterocycles. The van der Waals surface area contributed by atoms with E-state index in [4.69, 9.17) is 9.84 Å². The Balaban J connectivity index is 2.25. The van der Waals surface area contributed by atoms with E-state index in [1.807, 2.05) is 47.0 Å². The first-order valence-corrected chi connectivity index (χ1v) is 11.1. The van der Waals surface area contributed by atoms with Gasteiger partial charge in [-0.2, -0.15) is 47.0 Å². The lowest BCUT2D eigenvalue weighted by molar-refractivity contribution is -0.143. The number of carboxylic acid groups (broad SMARTS) is 1. The van der Waals surface area contributed by atoms with Gasteiger partial charge in [0.15, 0.2) is 0 Å². The lowest BCUT2D eigenvalue weighted by Gasteiger charge is -2.16. The topological polar surface area (TPSA) is 46.5 Å². The van der Waals surface area contributed by atoms with E-state index in [1.54, 1.807) is 0 Å². The van der Waals surface area contributed by atoms with Crippen LogP contribution in [0.2, 0.25) is 0 Å². The minimum Gasteiger partial charge on any atom is -0.480 e. The molecule has 0 aromatic heterocycles. The summed E-state index contributed by atoms with van der Waals surface area (Å²) >= 11 is 7.81. The van der Waals surface area contributed by atoms with Crippen LogP contribution < -0.4 is 0 Å². The van der Waals surface area contributed by atoms with E-state index in [0.717, 1.165) is 23.0 Å². The van der Waals surface area contributed by atoms with E-state index in [2.05, 4.69) is 0 Å². The maximum atomic E-state index is 10.6. The van der Waals surface area contributed by atoms with Crippen molar-refractivity contribution in [2.45, 2.75) is 12.5 Å². The molecule has 0 aliphatic carbocycles. The maximum Gasteiger partial charge on any atom is 0.329 e. The molecular formula is C12H22O3S4. The van der Waals surface area contributed by atoms with Crippen molar-refractivity contribution in [2.24, 2.45) is 0 Å². The molecule has 0 atom stereocenters. The van der Waals surface area contributed by atoms with E-state index in [1.165, 1.54) is 29.4 Å². The van der Waals surface area contributed by atoms with Crippen molar-refractivity contribution in [3.05, 3.63) is 0 Å². The van der Waals surface area contributed by atoms with Gasteiger partial charge in [0.2, 0.25) is 0 Å².